The van der Waals surface area contributed by atoms with Gasteiger partial charge in [0.2, 0.25) is 0 Å². The second-order valence-electron chi connectivity index (χ2n) is 4.91. The maximum atomic E-state index is 5.64. The van der Waals surface area contributed by atoms with Gasteiger partial charge >= 0.3 is 0 Å². The molecule has 1 N–H and O–H groups in total. The SMILES string of the molecule is Cc1ccc(CN2CCCNCC(C)C2)o1. The van der Waals surface area contributed by atoms with Crippen molar-refractivity contribution in [1.82, 2.24) is 10.2 Å². The lowest BCUT2D eigenvalue weighted by atomic mass is 10.1. The normalized spacial score (nSPS) is 24.0. The number of hydrogen-bond donors (Lipinski definition) is 1. The Morgan fingerprint density at radius 3 is 3.12 bits per heavy atom. The Hall–Kier alpha value is -0.800. The Bertz CT molecular complexity index is 321. The van der Waals surface area contributed by atoms with E-state index < -0.39 is 0 Å². The maximum Gasteiger partial charge on any atom is 0.118 e. The number of nitrogens with one attached hydrogen (secondary N) is 1. The maximum absolute atomic E-state index is 5.64. The first-order chi connectivity index (χ1) is 7.74. The number of rotatable bonds is 2. The van der Waals surface area contributed by atoms with Gasteiger partial charge in [-0.2, -0.15) is 0 Å². The summed E-state index contributed by atoms with van der Waals surface area (Å²) in [6.07, 6.45) is 1.23. The minimum Gasteiger partial charge on any atom is -0.465 e. The van der Waals surface area contributed by atoms with Crippen LogP contribution in [0.4, 0.5) is 0 Å². The van der Waals surface area contributed by atoms with Gasteiger partial charge in [0.1, 0.15) is 11.5 Å². The van der Waals surface area contributed by atoms with E-state index in [1.165, 1.54) is 6.42 Å². The van der Waals surface area contributed by atoms with Gasteiger partial charge in [0.25, 0.3) is 0 Å². The Morgan fingerprint density at radius 2 is 2.38 bits per heavy atom. The third-order valence-corrected chi connectivity index (χ3v) is 3.07. The Kier molecular flexibility index (Phi) is 4.02. The average molecular weight is 222 g/mol. The molecule has 1 unspecified atom stereocenters. The van der Waals surface area contributed by atoms with Crippen LogP contribution in [0.1, 0.15) is 24.9 Å². The van der Waals surface area contributed by atoms with E-state index in [0.717, 1.165) is 50.2 Å². The number of aryl methyl sites for hydroxylation is 1. The smallest absolute Gasteiger partial charge is 0.118 e. The highest BCUT2D eigenvalue weighted by molar-refractivity contribution is 5.05. The van der Waals surface area contributed by atoms with Gasteiger partial charge in [-0.15, -0.1) is 0 Å². The fraction of sp³-hybridized carbons (Fsp3) is 0.692. The lowest BCUT2D eigenvalue weighted by molar-refractivity contribution is 0.194. The number of furan rings is 1. The van der Waals surface area contributed by atoms with Crippen molar-refractivity contribution >= 4 is 0 Å². The highest BCUT2D eigenvalue weighted by atomic mass is 16.3. The molecular formula is C13H22N2O. The fourth-order valence-electron chi connectivity index (χ4n) is 2.31. The van der Waals surface area contributed by atoms with Crippen LogP contribution in [0.15, 0.2) is 16.5 Å². The van der Waals surface area contributed by atoms with Crippen LogP contribution in [0.5, 0.6) is 0 Å². The summed E-state index contributed by atoms with van der Waals surface area (Å²) >= 11 is 0. The Morgan fingerprint density at radius 1 is 1.50 bits per heavy atom. The monoisotopic (exact) mass is 222 g/mol. The van der Waals surface area contributed by atoms with Crippen molar-refractivity contribution in [2.24, 2.45) is 5.92 Å². The van der Waals surface area contributed by atoms with Crippen molar-refractivity contribution in [3.8, 4) is 0 Å². The average Bonchev–Trinajstić information content (AvgIpc) is 2.60. The fourth-order valence-corrected chi connectivity index (χ4v) is 2.31. The summed E-state index contributed by atoms with van der Waals surface area (Å²) in [5.74, 6) is 2.83. The van der Waals surface area contributed by atoms with Gasteiger partial charge < -0.3 is 9.73 Å². The van der Waals surface area contributed by atoms with E-state index in [4.69, 9.17) is 4.42 Å². The summed E-state index contributed by atoms with van der Waals surface area (Å²) < 4.78 is 5.64. The molecule has 90 valence electrons. The zero-order valence-corrected chi connectivity index (χ0v) is 10.3. The van der Waals surface area contributed by atoms with Gasteiger partial charge in [-0.05, 0) is 51.0 Å². The molecule has 0 amide bonds. The zero-order valence-electron chi connectivity index (χ0n) is 10.3. The first kappa shape index (κ1) is 11.7. The first-order valence-corrected chi connectivity index (χ1v) is 6.22. The predicted octanol–water partition coefficient (Wildman–Crippen LogP) is 2.02. The van der Waals surface area contributed by atoms with Gasteiger partial charge in [0, 0.05) is 6.54 Å². The van der Waals surface area contributed by atoms with Crippen LogP contribution in [-0.2, 0) is 6.54 Å². The second kappa shape index (κ2) is 5.51. The first-order valence-electron chi connectivity index (χ1n) is 6.22. The van der Waals surface area contributed by atoms with E-state index in [9.17, 15) is 0 Å². The van der Waals surface area contributed by atoms with Crippen molar-refractivity contribution in [1.29, 1.82) is 0 Å². The van der Waals surface area contributed by atoms with Gasteiger partial charge in [0.15, 0.2) is 0 Å². The molecular weight excluding hydrogens is 200 g/mol. The lowest BCUT2D eigenvalue weighted by Crippen LogP contribution is -2.38. The molecule has 1 saturated heterocycles. The quantitative estimate of drug-likeness (QED) is 0.830. The molecule has 0 saturated carbocycles. The van der Waals surface area contributed by atoms with Crippen LogP contribution < -0.4 is 5.32 Å². The number of hydrogen-bond acceptors (Lipinski definition) is 3. The summed E-state index contributed by atoms with van der Waals surface area (Å²) in [6.45, 7) is 9.86. The molecule has 1 atom stereocenters. The van der Waals surface area contributed by atoms with Crippen molar-refractivity contribution in [3.05, 3.63) is 23.7 Å². The summed E-state index contributed by atoms with van der Waals surface area (Å²) in [4.78, 5) is 2.50. The molecule has 3 heteroatoms. The highest BCUT2D eigenvalue weighted by Crippen LogP contribution is 2.12. The summed E-state index contributed by atoms with van der Waals surface area (Å²) in [7, 11) is 0. The van der Waals surface area contributed by atoms with Crippen LogP contribution in [-0.4, -0.2) is 31.1 Å². The van der Waals surface area contributed by atoms with E-state index >= 15 is 0 Å². The van der Waals surface area contributed by atoms with Gasteiger partial charge in [-0.1, -0.05) is 6.92 Å². The highest BCUT2D eigenvalue weighted by Gasteiger charge is 2.14. The van der Waals surface area contributed by atoms with Gasteiger partial charge in [-0.3, -0.25) is 4.90 Å². The molecule has 1 fully saturated rings. The van der Waals surface area contributed by atoms with Crippen LogP contribution in [0.2, 0.25) is 0 Å². The molecule has 2 rings (SSSR count). The molecule has 0 aliphatic carbocycles. The summed E-state index contributed by atoms with van der Waals surface area (Å²) in [5.41, 5.74) is 0. The van der Waals surface area contributed by atoms with E-state index in [-0.39, 0.29) is 0 Å². The Labute approximate surface area is 97.8 Å². The van der Waals surface area contributed by atoms with Crippen molar-refractivity contribution in [3.63, 3.8) is 0 Å². The Balaban J connectivity index is 1.91. The van der Waals surface area contributed by atoms with E-state index in [2.05, 4.69) is 23.2 Å². The minimum atomic E-state index is 0.719. The van der Waals surface area contributed by atoms with Crippen molar-refractivity contribution in [2.75, 3.05) is 26.2 Å². The third kappa shape index (κ3) is 3.35. The van der Waals surface area contributed by atoms with Crippen LogP contribution in [0.25, 0.3) is 0 Å². The molecule has 0 aromatic carbocycles. The van der Waals surface area contributed by atoms with Crippen LogP contribution >= 0.6 is 0 Å². The minimum absolute atomic E-state index is 0.719. The zero-order chi connectivity index (χ0) is 11.4. The molecule has 0 bridgehead atoms. The second-order valence-corrected chi connectivity index (χ2v) is 4.91. The van der Waals surface area contributed by atoms with Gasteiger partial charge in [0.05, 0.1) is 6.54 Å². The largest absolute Gasteiger partial charge is 0.465 e. The molecule has 16 heavy (non-hydrogen) atoms. The van der Waals surface area contributed by atoms with Crippen LogP contribution in [0.3, 0.4) is 0 Å². The van der Waals surface area contributed by atoms with E-state index in [1.54, 1.807) is 0 Å². The molecule has 1 aliphatic heterocycles. The summed E-state index contributed by atoms with van der Waals surface area (Å²) in [5, 5.41) is 3.48. The molecule has 2 heterocycles. The molecule has 1 aliphatic rings. The van der Waals surface area contributed by atoms with Crippen LogP contribution in [0, 0.1) is 12.8 Å². The predicted molar refractivity (Wildman–Crippen MR) is 65.4 cm³/mol. The van der Waals surface area contributed by atoms with E-state index in [1.807, 2.05) is 13.0 Å². The van der Waals surface area contributed by atoms with E-state index in [0.29, 0.717) is 0 Å². The third-order valence-electron chi connectivity index (χ3n) is 3.07. The molecule has 0 spiro atoms. The molecule has 0 radical (unpaired) electrons. The van der Waals surface area contributed by atoms with Crippen molar-refractivity contribution in [2.45, 2.75) is 26.8 Å². The van der Waals surface area contributed by atoms with Crippen molar-refractivity contribution < 1.29 is 4.42 Å². The summed E-state index contributed by atoms with van der Waals surface area (Å²) in [6, 6.07) is 4.14. The standard InChI is InChI=1S/C13H22N2O/c1-11-8-14-6-3-7-15(9-11)10-13-5-4-12(2)16-13/h4-5,11,14H,3,6-10H2,1-2H3. The number of nitrogens with zero attached hydrogens (tertiary/aromatic N) is 1. The molecule has 1 aromatic rings. The topological polar surface area (TPSA) is 28.4 Å². The van der Waals surface area contributed by atoms with Gasteiger partial charge in [-0.25, -0.2) is 0 Å². The molecule has 1 aromatic heterocycles. The molecule has 3 nitrogen and oxygen atoms in total. The lowest BCUT2D eigenvalue weighted by Gasteiger charge is -2.27.